The largest absolute Gasteiger partial charge is 0.481 e. The number of aromatic nitrogens is 2. The monoisotopic (exact) mass is 523 g/mol. The van der Waals surface area contributed by atoms with Gasteiger partial charge in [0.15, 0.2) is 5.82 Å². The lowest BCUT2D eigenvalue weighted by Crippen LogP contribution is -2.72. The van der Waals surface area contributed by atoms with Crippen LogP contribution in [0.25, 0.3) is 0 Å². The number of rotatable bonds is 6. The summed E-state index contributed by atoms with van der Waals surface area (Å²) in [6, 6.07) is 15.2. The van der Waals surface area contributed by atoms with E-state index in [0.29, 0.717) is 22.4 Å². The zero-order valence-corrected chi connectivity index (χ0v) is 21.2. The summed E-state index contributed by atoms with van der Waals surface area (Å²) in [6.45, 7) is 3.77. The molecule has 3 aromatic rings. The minimum atomic E-state index is -1.15. The van der Waals surface area contributed by atoms with Gasteiger partial charge >= 0.3 is 5.97 Å². The van der Waals surface area contributed by atoms with E-state index < -0.39 is 16.8 Å². The molecule has 0 aliphatic carbocycles. The number of hydrogen-bond donors (Lipinski definition) is 2. The van der Waals surface area contributed by atoms with Gasteiger partial charge in [-0.2, -0.15) is 4.98 Å². The van der Waals surface area contributed by atoms with E-state index >= 15 is 0 Å². The summed E-state index contributed by atoms with van der Waals surface area (Å²) in [5.41, 5.74) is 3.79. The molecule has 2 N–H and O–H groups in total. The highest BCUT2D eigenvalue weighted by atomic mass is 35.5. The highest BCUT2D eigenvalue weighted by Crippen LogP contribution is 2.44. The van der Waals surface area contributed by atoms with Crippen molar-refractivity contribution in [2.75, 3.05) is 47.0 Å². The molecule has 36 heavy (non-hydrogen) atoms. The SMILES string of the molecule is O=C(O)Cc1ccc(Nc2nc(N3CC4(CN(c5ccc(Cl)cc5)C4)C3)nc3c2[S@](=O)CCC3)cc1. The summed E-state index contributed by atoms with van der Waals surface area (Å²) in [6.07, 6.45) is 1.61. The summed E-state index contributed by atoms with van der Waals surface area (Å²) in [4.78, 5) is 25.9. The molecule has 10 heteroatoms. The molecule has 2 fully saturated rings. The van der Waals surface area contributed by atoms with Crippen LogP contribution in [0.2, 0.25) is 5.02 Å². The van der Waals surface area contributed by atoms with Crippen LogP contribution in [-0.2, 0) is 28.4 Å². The van der Waals surface area contributed by atoms with Gasteiger partial charge in [-0.1, -0.05) is 23.7 Å². The molecule has 0 amide bonds. The molecule has 186 valence electrons. The highest BCUT2D eigenvalue weighted by Gasteiger charge is 2.52. The van der Waals surface area contributed by atoms with Crippen LogP contribution in [0.5, 0.6) is 0 Å². The molecular formula is C26H26ClN5O3S. The number of nitrogens with one attached hydrogen (secondary N) is 1. The summed E-state index contributed by atoms with van der Waals surface area (Å²) >= 11 is 6.02. The number of nitrogens with zero attached hydrogens (tertiary/aromatic N) is 4. The molecule has 0 saturated carbocycles. The second kappa shape index (κ2) is 9.05. The molecule has 6 rings (SSSR count). The van der Waals surface area contributed by atoms with Gasteiger partial charge in [0, 0.05) is 53.7 Å². The van der Waals surface area contributed by atoms with Crippen molar-refractivity contribution in [3.05, 3.63) is 64.8 Å². The van der Waals surface area contributed by atoms with E-state index in [-0.39, 0.29) is 11.8 Å². The molecule has 0 bridgehead atoms. The molecule has 1 atom stereocenters. The lowest BCUT2D eigenvalue weighted by Gasteiger charge is -2.61. The molecule has 0 radical (unpaired) electrons. The predicted octanol–water partition coefficient (Wildman–Crippen LogP) is 3.88. The van der Waals surface area contributed by atoms with Gasteiger partial charge in [-0.25, -0.2) is 4.98 Å². The molecule has 2 aromatic carbocycles. The molecule has 3 aliphatic heterocycles. The fourth-order valence-electron chi connectivity index (χ4n) is 5.31. The predicted molar refractivity (Wildman–Crippen MR) is 141 cm³/mol. The average Bonchev–Trinajstić information content (AvgIpc) is 2.79. The lowest BCUT2D eigenvalue weighted by atomic mass is 9.72. The van der Waals surface area contributed by atoms with E-state index in [4.69, 9.17) is 26.7 Å². The van der Waals surface area contributed by atoms with Crippen molar-refractivity contribution in [1.82, 2.24) is 9.97 Å². The summed E-state index contributed by atoms with van der Waals surface area (Å²) < 4.78 is 12.9. The lowest BCUT2D eigenvalue weighted by molar-refractivity contribution is -0.136. The van der Waals surface area contributed by atoms with Gasteiger partial charge < -0.3 is 20.2 Å². The molecule has 8 nitrogen and oxygen atoms in total. The van der Waals surface area contributed by atoms with Gasteiger partial charge in [-0.15, -0.1) is 0 Å². The minimum Gasteiger partial charge on any atom is -0.481 e. The standard InChI is InChI=1S/C26H26ClN5O3S/c27-18-5-9-20(10-6-18)31-13-26(14-31)15-32(16-26)25-29-21-2-1-11-36(35)23(21)24(30-25)28-19-7-3-17(4-8-19)12-22(33)34/h3-10H,1-2,11-16H2,(H,33,34)(H,28,29,30)/t36-/m1/s1. The number of carboxylic acid groups (broad SMARTS) is 1. The Bertz CT molecular complexity index is 1330. The van der Waals surface area contributed by atoms with Crippen LogP contribution in [0.15, 0.2) is 53.4 Å². The maximum atomic E-state index is 12.9. The third-order valence-electron chi connectivity index (χ3n) is 7.05. The number of anilines is 4. The van der Waals surface area contributed by atoms with Crippen LogP contribution in [0.1, 0.15) is 17.7 Å². The number of hydrogen-bond acceptors (Lipinski definition) is 7. The Kier molecular flexibility index (Phi) is 5.84. The maximum absolute atomic E-state index is 12.9. The van der Waals surface area contributed by atoms with Gasteiger partial charge in [0.05, 0.1) is 22.9 Å². The zero-order chi connectivity index (χ0) is 24.9. The Morgan fingerprint density at radius 3 is 2.42 bits per heavy atom. The highest BCUT2D eigenvalue weighted by molar-refractivity contribution is 7.85. The topological polar surface area (TPSA) is 98.7 Å². The molecule has 2 saturated heterocycles. The minimum absolute atomic E-state index is 0.0243. The Balaban J connectivity index is 1.19. The van der Waals surface area contributed by atoms with E-state index in [1.807, 2.05) is 24.3 Å². The Morgan fingerprint density at radius 2 is 1.72 bits per heavy atom. The number of aryl methyl sites for hydroxylation is 1. The smallest absolute Gasteiger partial charge is 0.307 e. The molecule has 1 aromatic heterocycles. The first-order valence-electron chi connectivity index (χ1n) is 12.0. The van der Waals surface area contributed by atoms with Gasteiger partial charge in [0.1, 0.15) is 4.90 Å². The van der Waals surface area contributed by atoms with Crippen LogP contribution < -0.4 is 15.1 Å². The van der Waals surface area contributed by atoms with E-state index in [2.05, 4.69) is 27.2 Å². The van der Waals surface area contributed by atoms with Crippen LogP contribution in [0.4, 0.5) is 23.1 Å². The van der Waals surface area contributed by atoms with Crippen molar-refractivity contribution < 1.29 is 14.1 Å². The van der Waals surface area contributed by atoms with Crippen LogP contribution in [-0.4, -0.2) is 57.2 Å². The average molecular weight is 524 g/mol. The Hall–Kier alpha value is -3.17. The number of carboxylic acids is 1. The summed E-state index contributed by atoms with van der Waals surface area (Å²) in [7, 11) is -1.15. The van der Waals surface area contributed by atoms with Crippen molar-refractivity contribution in [3.8, 4) is 0 Å². The van der Waals surface area contributed by atoms with Gasteiger partial charge in [0.2, 0.25) is 5.95 Å². The fraction of sp³-hybridized carbons (Fsp3) is 0.346. The molecule has 1 spiro atoms. The Morgan fingerprint density at radius 1 is 1.03 bits per heavy atom. The second-order valence-electron chi connectivity index (χ2n) is 9.88. The van der Waals surface area contributed by atoms with E-state index in [1.165, 1.54) is 5.69 Å². The quantitative estimate of drug-likeness (QED) is 0.502. The van der Waals surface area contributed by atoms with Crippen LogP contribution in [0, 0.1) is 5.41 Å². The maximum Gasteiger partial charge on any atom is 0.307 e. The molecule has 3 aliphatic rings. The van der Waals surface area contributed by atoms with Crippen molar-refractivity contribution in [1.29, 1.82) is 0 Å². The van der Waals surface area contributed by atoms with Crippen molar-refractivity contribution in [2.45, 2.75) is 24.2 Å². The second-order valence-corrected chi connectivity index (χ2v) is 11.8. The third-order valence-corrected chi connectivity index (χ3v) is 8.84. The van der Waals surface area contributed by atoms with E-state index in [1.54, 1.807) is 12.1 Å². The van der Waals surface area contributed by atoms with Gasteiger partial charge in [0.25, 0.3) is 0 Å². The van der Waals surface area contributed by atoms with E-state index in [0.717, 1.165) is 61.0 Å². The number of halogens is 1. The number of fused-ring (bicyclic) bond motifs is 1. The normalized spacial score (nSPS) is 19.9. The molecular weight excluding hydrogens is 498 g/mol. The molecule has 0 unspecified atom stereocenters. The number of aliphatic carboxylic acids is 1. The van der Waals surface area contributed by atoms with Gasteiger partial charge in [-0.05, 0) is 54.8 Å². The Labute approximate surface area is 216 Å². The van der Waals surface area contributed by atoms with E-state index in [9.17, 15) is 9.00 Å². The third kappa shape index (κ3) is 4.41. The zero-order valence-electron chi connectivity index (χ0n) is 19.6. The first-order chi connectivity index (χ1) is 17.4. The van der Waals surface area contributed by atoms with Crippen molar-refractivity contribution in [2.24, 2.45) is 5.41 Å². The first-order valence-corrected chi connectivity index (χ1v) is 13.7. The van der Waals surface area contributed by atoms with Crippen LogP contribution in [0.3, 0.4) is 0 Å². The number of carbonyl (C=O) groups is 1. The summed E-state index contributed by atoms with van der Waals surface area (Å²) in [5, 5.41) is 13.1. The van der Waals surface area contributed by atoms with Crippen LogP contribution >= 0.6 is 11.6 Å². The summed E-state index contributed by atoms with van der Waals surface area (Å²) in [5.74, 6) is 0.996. The van der Waals surface area contributed by atoms with Crippen molar-refractivity contribution >= 4 is 51.5 Å². The first kappa shape index (κ1) is 23.2. The fourth-order valence-corrected chi connectivity index (χ4v) is 6.77. The number of benzene rings is 2. The van der Waals surface area contributed by atoms with Gasteiger partial charge in [-0.3, -0.25) is 9.00 Å². The van der Waals surface area contributed by atoms with Crippen molar-refractivity contribution in [3.63, 3.8) is 0 Å². The molecule has 4 heterocycles.